The maximum Gasteiger partial charge on any atom is 0.268 e. The van der Waals surface area contributed by atoms with Crippen LogP contribution in [0.4, 0.5) is 0 Å². The summed E-state index contributed by atoms with van der Waals surface area (Å²) in [6.45, 7) is 3.81. The Hall–Kier alpha value is -2.83. The third-order valence-electron chi connectivity index (χ3n) is 6.71. The topological polar surface area (TPSA) is 155 Å². The first-order chi connectivity index (χ1) is 23.8. The predicted octanol–water partition coefficient (Wildman–Crippen LogP) is 7.60. The van der Waals surface area contributed by atoms with E-state index in [0.717, 1.165) is 18.8 Å². The predicted molar refractivity (Wildman–Crippen MR) is 203 cm³/mol. The van der Waals surface area contributed by atoms with Gasteiger partial charge in [0.15, 0.2) is 5.15 Å². The van der Waals surface area contributed by atoms with Gasteiger partial charge in [-0.05, 0) is 42.3 Å². The van der Waals surface area contributed by atoms with Crippen molar-refractivity contribution < 1.29 is 16.8 Å². The molecule has 6 aromatic rings. The van der Waals surface area contributed by atoms with Crippen molar-refractivity contribution in [2.45, 2.75) is 38.5 Å². The number of imidazole rings is 2. The molecule has 4 heterocycles. The van der Waals surface area contributed by atoms with Crippen molar-refractivity contribution >= 4 is 100 Å². The maximum atomic E-state index is 12.6. The van der Waals surface area contributed by atoms with Gasteiger partial charge in [0.05, 0.1) is 33.5 Å². The van der Waals surface area contributed by atoms with Gasteiger partial charge in [-0.2, -0.15) is 0 Å². The normalized spacial score (nSPS) is 11.6. The molecule has 0 aliphatic rings. The average Bonchev–Trinajstić information content (AvgIpc) is 3.78. The maximum absolute atomic E-state index is 12.6. The third-order valence-corrected chi connectivity index (χ3v) is 16.4. The molecule has 0 spiro atoms. The molecule has 0 radical (unpaired) electrons. The third kappa shape index (κ3) is 10.6. The van der Waals surface area contributed by atoms with Gasteiger partial charge in [0.25, 0.3) is 10.0 Å². The molecule has 0 fully saturated rings. The van der Waals surface area contributed by atoms with E-state index in [1.54, 1.807) is 54.7 Å². The Kier molecular flexibility index (Phi) is 13.6. The van der Waals surface area contributed by atoms with Crippen LogP contribution in [0, 0.1) is 13.8 Å². The standard InChI is InChI=1S/C14H10Cl2N4O2S.C10H9N2O2S.C4HCl3N2.3CH3.Sn/c1-9-2-4-10(5-3-9)23(21,22)20-7-12(18-8-20)13-11(15)6-17-14(16)19-13;1-9-2-4-10(5-3-9)15(13,14)12-7-6-11-8-12;5-2-1-8-4(7)9-3(2)6;;;;/h2-8H,1H3;2-5,7-8H,1H3;1H;3*1H3;. The van der Waals surface area contributed by atoms with Crippen molar-refractivity contribution in [3.8, 4) is 11.4 Å². The van der Waals surface area contributed by atoms with E-state index >= 15 is 0 Å². The zero-order chi connectivity index (χ0) is 37.7. The minimum atomic E-state index is -3.73. The molecular weight excluding hydrogens is 909 g/mol. The Morgan fingerprint density at radius 1 is 0.588 bits per heavy atom. The Bertz CT molecular complexity index is 2370. The van der Waals surface area contributed by atoms with Crippen LogP contribution in [-0.2, 0) is 20.0 Å². The number of halogens is 5. The smallest absolute Gasteiger partial charge is 0.234 e. The van der Waals surface area contributed by atoms with E-state index in [1.165, 1.54) is 35.2 Å². The fourth-order valence-corrected chi connectivity index (χ4v) is 9.92. The zero-order valence-electron chi connectivity index (χ0n) is 27.5. The minimum Gasteiger partial charge on any atom is -0.234 e. The molecule has 0 atom stereocenters. The molecule has 12 nitrogen and oxygen atoms in total. The van der Waals surface area contributed by atoms with Gasteiger partial charge < -0.3 is 0 Å². The SMILES string of the molecule is Cc1ccc(S(=O)(=O)n2cn[c]([Sn]([CH3])([CH3])[CH3])c2)cc1.Cc1ccc(S(=O)(=O)n2cnc(-c3nc(Cl)ncc3Cl)c2)cc1.Clc1ncc(Cl)c(Cl)n1. The van der Waals surface area contributed by atoms with E-state index in [0.29, 0.717) is 9.92 Å². The van der Waals surface area contributed by atoms with Crippen molar-refractivity contribution in [3.63, 3.8) is 0 Å². The molecule has 0 aliphatic heterocycles. The summed E-state index contributed by atoms with van der Waals surface area (Å²) in [6.07, 6.45) is 8.29. The molecule has 0 saturated carbocycles. The van der Waals surface area contributed by atoms with Gasteiger partial charge in [-0.1, -0.05) is 52.5 Å². The summed E-state index contributed by atoms with van der Waals surface area (Å²) in [7, 11) is -7.24. The van der Waals surface area contributed by atoms with Crippen LogP contribution in [0.2, 0.25) is 40.6 Å². The Labute approximate surface area is 324 Å². The van der Waals surface area contributed by atoms with Crippen molar-refractivity contribution in [2.75, 3.05) is 0 Å². The Morgan fingerprint density at radius 3 is 1.49 bits per heavy atom. The van der Waals surface area contributed by atoms with E-state index < -0.39 is 38.4 Å². The molecule has 20 heteroatoms. The number of nitrogens with zero attached hydrogens (tertiary/aromatic N) is 8. The summed E-state index contributed by atoms with van der Waals surface area (Å²) in [4.78, 5) is 30.3. The molecule has 51 heavy (non-hydrogen) atoms. The van der Waals surface area contributed by atoms with Crippen LogP contribution in [0.25, 0.3) is 11.4 Å². The van der Waals surface area contributed by atoms with Crippen LogP contribution in [0.1, 0.15) is 11.1 Å². The van der Waals surface area contributed by atoms with Gasteiger partial charge in [0.1, 0.15) is 17.7 Å². The molecule has 0 amide bonds. The first kappa shape index (κ1) is 40.9. The number of hydrogen-bond donors (Lipinski definition) is 0. The van der Waals surface area contributed by atoms with Crippen LogP contribution >= 0.6 is 58.0 Å². The second-order valence-corrected chi connectivity index (χ2v) is 31.5. The van der Waals surface area contributed by atoms with Crippen LogP contribution in [0.3, 0.4) is 0 Å². The first-order valence-electron chi connectivity index (χ1n) is 14.5. The van der Waals surface area contributed by atoms with Crippen molar-refractivity contribution in [1.82, 2.24) is 37.8 Å². The van der Waals surface area contributed by atoms with Gasteiger partial charge in [-0.25, -0.2) is 37.3 Å². The van der Waals surface area contributed by atoms with E-state index in [2.05, 4.69) is 44.7 Å². The summed E-state index contributed by atoms with van der Waals surface area (Å²) in [6, 6.07) is 13.4. The van der Waals surface area contributed by atoms with Crippen molar-refractivity contribution in [1.29, 1.82) is 0 Å². The Balaban J connectivity index is 0.000000187. The van der Waals surface area contributed by atoms with E-state index in [-0.39, 0.29) is 37.0 Å². The summed E-state index contributed by atoms with van der Waals surface area (Å²) in [5.41, 5.74) is 2.56. The number of hydrogen-bond acceptors (Lipinski definition) is 10. The monoisotopic (exact) mass is 936 g/mol. The van der Waals surface area contributed by atoms with Gasteiger partial charge in [0, 0.05) is 0 Å². The fraction of sp³-hybridized carbons (Fsp3) is 0.161. The molecule has 268 valence electrons. The quantitative estimate of drug-likeness (QED) is 0.0927. The summed E-state index contributed by atoms with van der Waals surface area (Å²) < 4.78 is 53.2. The number of aryl methyl sites for hydroxylation is 2. The van der Waals surface area contributed by atoms with Gasteiger partial charge in [-0.15, -0.1) is 0 Å². The van der Waals surface area contributed by atoms with E-state index in [9.17, 15) is 16.8 Å². The molecule has 0 saturated heterocycles. The van der Waals surface area contributed by atoms with Crippen molar-refractivity contribution in [2.24, 2.45) is 0 Å². The first-order valence-corrected chi connectivity index (χ1v) is 29.3. The molecule has 0 aliphatic carbocycles. The van der Waals surface area contributed by atoms with Gasteiger partial charge >= 0.3 is 118 Å². The summed E-state index contributed by atoms with van der Waals surface area (Å²) >= 11 is 25.7. The summed E-state index contributed by atoms with van der Waals surface area (Å²) in [5, 5.41) is 0.815. The number of aromatic nitrogens is 8. The van der Waals surface area contributed by atoms with Gasteiger partial charge in [-0.3, -0.25) is 0 Å². The average molecular weight is 938 g/mol. The van der Waals surface area contributed by atoms with Gasteiger partial charge in [0.2, 0.25) is 10.6 Å². The second-order valence-electron chi connectivity index (χ2n) is 11.7. The van der Waals surface area contributed by atoms with Crippen LogP contribution < -0.4 is 3.71 Å². The second kappa shape index (κ2) is 16.9. The molecule has 2 aromatic carbocycles. The van der Waals surface area contributed by atoms with Crippen LogP contribution in [0.15, 0.2) is 95.8 Å². The van der Waals surface area contributed by atoms with Crippen LogP contribution in [0.5, 0.6) is 0 Å². The zero-order valence-corrected chi connectivity index (χ0v) is 35.8. The van der Waals surface area contributed by atoms with E-state index in [1.807, 2.05) is 13.8 Å². The van der Waals surface area contributed by atoms with Crippen LogP contribution in [-0.4, -0.2) is 73.1 Å². The number of benzene rings is 2. The molecule has 0 N–H and O–H groups in total. The summed E-state index contributed by atoms with van der Waals surface area (Å²) in [5.74, 6) is 0. The molecule has 0 unspecified atom stereocenters. The number of rotatable bonds is 6. The van der Waals surface area contributed by atoms with E-state index in [4.69, 9.17) is 58.0 Å². The molecule has 4 aromatic heterocycles. The minimum absolute atomic E-state index is 0.000316. The molecule has 6 rings (SSSR count). The molecule has 0 bridgehead atoms. The fourth-order valence-electron chi connectivity index (χ4n) is 3.90. The Morgan fingerprint density at radius 2 is 1.04 bits per heavy atom. The molecular formula is C31H29Cl5N8O4S2Sn. The van der Waals surface area contributed by atoms with Crippen molar-refractivity contribution in [3.05, 3.63) is 123 Å². The largest absolute Gasteiger partial charge is 0.268 e.